The Kier molecular flexibility index (Phi) is 4.38. The maximum absolute atomic E-state index is 10.8. The van der Waals surface area contributed by atoms with E-state index in [1.165, 1.54) is 7.05 Å². The molecule has 0 spiro atoms. The van der Waals surface area contributed by atoms with E-state index in [0.717, 1.165) is 16.0 Å². The number of aromatic nitrogens is 1. The number of carbonyl (C=O) groups is 1. The molecule has 1 aromatic heterocycles. The Morgan fingerprint density at radius 3 is 2.30 bits per heavy atom. The van der Waals surface area contributed by atoms with Gasteiger partial charge >= 0.3 is 6.09 Å². The number of pyridine rings is 1. The van der Waals surface area contributed by atoms with Crippen LogP contribution in [0.3, 0.4) is 0 Å². The van der Waals surface area contributed by atoms with Crippen molar-refractivity contribution >= 4 is 35.5 Å². The van der Waals surface area contributed by atoms with Crippen LogP contribution in [0.25, 0.3) is 12.2 Å². The normalized spacial score (nSPS) is 10.7. The van der Waals surface area contributed by atoms with Gasteiger partial charge in [0, 0.05) is 18.9 Å². The van der Waals surface area contributed by atoms with Crippen molar-refractivity contribution in [2.45, 2.75) is 0 Å². The highest BCUT2D eigenvalue weighted by molar-refractivity contribution is 6.29. The van der Waals surface area contributed by atoms with Crippen LogP contribution in [0.15, 0.2) is 42.6 Å². The molecule has 1 amide bonds. The van der Waals surface area contributed by atoms with E-state index < -0.39 is 6.09 Å². The van der Waals surface area contributed by atoms with E-state index in [2.05, 4.69) is 4.98 Å². The van der Waals surface area contributed by atoms with Crippen LogP contribution in [0.4, 0.5) is 10.5 Å². The molecule has 1 N–H and O–H groups in total. The van der Waals surface area contributed by atoms with Gasteiger partial charge in [-0.2, -0.15) is 0 Å². The van der Waals surface area contributed by atoms with Crippen molar-refractivity contribution < 1.29 is 9.90 Å². The molecule has 20 heavy (non-hydrogen) atoms. The van der Waals surface area contributed by atoms with Gasteiger partial charge in [-0.1, -0.05) is 42.0 Å². The lowest BCUT2D eigenvalue weighted by Crippen LogP contribution is -2.23. The predicted molar refractivity (Wildman–Crippen MR) is 81.0 cm³/mol. The lowest BCUT2D eigenvalue weighted by atomic mass is 10.1. The topological polar surface area (TPSA) is 53.4 Å². The molecule has 2 rings (SSSR count). The summed E-state index contributed by atoms with van der Waals surface area (Å²) in [4.78, 5) is 16.0. The highest BCUT2D eigenvalue weighted by atomic mass is 35.5. The van der Waals surface area contributed by atoms with E-state index in [-0.39, 0.29) is 0 Å². The lowest BCUT2D eigenvalue weighted by molar-refractivity contribution is 0.203. The van der Waals surface area contributed by atoms with Crippen LogP contribution in [0.2, 0.25) is 5.15 Å². The first-order valence-electron chi connectivity index (χ1n) is 5.92. The summed E-state index contributed by atoms with van der Waals surface area (Å²) >= 11 is 5.71. The van der Waals surface area contributed by atoms with E-state index in [1.54, 1.807) is 24.4 Å². The van der Waals surface area contributed by atoms with Gasteiger partial charge in [0.1, 0.15) is 5.15 Å². The quantitative estimate of drug-likeness (QED) is 0.868. The zero-order valence-electron chi connectivity index (χ0n) is 10.8. The summed E-state index contributed by atoms with van der Waals surface area (Å²) in [6, 6.07) is 10.8. The number of hydrogen-bond acceptors (Lipinski definition) is 2. The molecule has 0 atom stereocenters. The van der Waals surface area contributed by atoms with Crippen LogP contribution in [0, 0.1) is 0 Å². The molecule has 4 nitrogen and oxygen atoms in total. The summed E-state index contributed by atoms with van der Waals surface area (Å²) in [5.74, 6) is 0. The molecular formula is C15H13ClN2O2. The maximum atomic E-state index is 10.8. The minimum Gasteiger partial charge on any atom is -0.465 e. The number of benzene rings is 1. The first-order valence-corrected chi connectivity index (χ1v) is 6.30. The highest BCUT2D eigenvalue weighted by Crippen LogP contribution is 2.16. The van der Waals surface area contributed by atoms with Crippen LogP contribution in [0.5, 0.6) is 0 Å². The van der Waals surface area contributed by atoms with Crippen LogP contribution in [-0.2, 0) is 0 Å². The zero-order valence-corrected chi connectivity index (χ0v) is 11.6. The fraction of sp³-hybridized carbons (Fsp3) is 0.0667. The van der Waals surface area contributed by atoms with Gasteiger partial charge < -0.3 is 5.11 Å². The van der Waals surface area contributed by atoms with Crippen molar-refractivity contribution in [2.24, 2.45) is 0 Å². The smallest absolute Gasteiger partial charge is 0.411 e. The summed E-state index contributed by atoms with van der Waals surface area (Å²) in [6.45, 7) is 0. The number of carboxylic acid groups (broad SMARTS) is 1. The average Bonchev–Trinajstić information content (AvgIpc) is 2.46. The van der Waals surface area contributed by atoms with Gasteiger partial charge in [-0.3, -0.25) is 4.90 Å². The largest absolute Gasteiger partial charge is 0.465 e. The van der Waals surface area contributed by atoms with Gasteiger partial charge in [0.25, 0.3) is 0 Å². The van der Waals surface area contributed by atoms with Gasteiger partial charge in [-0.15, -0.1) is 0 Å². The summed E-state index contributed by atoms with van der Waals surface area (Å²) < 4.78 is 0. The van der Waals surface area contributed by atoms with Crippen molar-refractivity contribution in [3.63, 3.8) is 0 Å². The molecule has 0 aliphatic rings. The summed E-state index contributed by atoms with van der Waals surface area (Å²) in [6.07, 6.45) is 4.54. The van der Waals surface area contributed by atoms with E-state index in [0.29, 0.717) is 10.8 Å². The second-order valence-electron chi connectivity index (χ2n) is 4.18. The Labute approximate surface area is 121 Å². The van der Waals surface area contributed by atoms with E-state index in [9.17, 15) is 4.79 Å². The number of halogens is 1. The Balaban J connectivity index is 2.10. The molecule has 5 heteroatoms. The second-order valence-corrected chi connectivity index (χ2v) is 4.57. The van der Waals surface area contributed by atoms with Gasteiger partial charge in [-0.05, 0) is 29.3 Å². The molecule has 0 bridgehead atoms. The van der Waals surface area contributed by atoms with Crippen molar-refractivity contribution in [3.8, 4) is 0 Å². The van der Waals surface area contributed by atoms with Crippen molar-refractivity contribution in [3.05, 3.63) is 58.9 Å². The standard InChI is InChI=1S/C15H13ClN2O2/c1-18(15(19)20)13-7-4-11(5-8-13)2-3-12-6-9-14(16)17-10-12/h2-10H,1H3,(H,19,20)/b3-2+. The molecule has 0 aliphatic carbocycles. The van der Waals surface area contributed by atoms with Crippen LogP contribution in [-0.4, -0.2) is 23.2 Å². The number of rotatable bonds is 3. The molecule has 1 heterocycles. The third-order valence-corrected chi connectivity index (χ3v) is 3.01. The fourth-order valence-corrected chi connectivity index (χ4v) is 1.71. The molecule has 0 saturated heterocycles. The molecule has 2 aromatic rings. The molecule has 0 unspecified atom stereocenters. The first-order chi connectivity index (χ1) is 9.56. The Hall–Kier alpha value is -2.33. The van der Waals surface area contributed by atoms with E-state index >= 15 is 0 Å². The molecule has 0 radical (unpaired) electrons. The van der Waals surface area contributed by atoms with Crippen molar-refractivity contribution in [1.82, 2.24) is 4.98 Å². The Morgan fingerprint density at radius 2 is 1.75 bits per heavy atom. The molecule has 1 aromatic carbocycles. The van der Waals surface area contributed by atoms with Crippen molar-refractivity contribution in [1.29, 1.82) is 0 Å². The fourth-order valence-electron chi connectivity index (χ4n) is 1.60. The van der Waals surface area contributed by atoms with Crippen molar-refractivity contribution in [2.75, 3.05) is 11.9 Å². The van der Waals surface area contributed by atoms with Gasteiger partial charge in [-0.25, -0.2) is 9.78 Å². The Morgan fingerprint density at radius 1 is 1.15 bits per heavy atom. The number of hydrogen-bond donors (Lipinski definition) is 1. The first kappa shape index (κ1) is 14.1. The molecule has 0 saturated carbocycles. The second kappa shape index (κ2) is 6.21. The number of amides is 1. The average molecular weight is 289 g/mol. The maximum Gasteiger partial charge on any atom is 0.411 e. The summed E-state index contributed by atoms with van der Waals surface area (Å²) in [5, 5.41) is 9.33. The molecule has 0 fully saturated rings. The monoisotopic (exact) mass is 288 g/mol. The molecule has 102 valence electrons. The summed E-state index contributed by atoms with van der Waals surface area (Å²) in [7, 11) is 1.51. The van der Waals surface area contributed by atoms with Crippen LogP contribution >= 0.6 is 11.6 Å². The number of anilines is 1. The van der Waals surface area contributed by atoms with Crippen LogP contribution < -0.4 is 4.90 Å². The summed E-state index contributed by atoms with van der Waals surface area (Å²) in [5.41, 5.74) is 2.55. The Bertz CT molecular complexity index is 621. The van der Waals surface area contributed by atoms with Gasteiger partial charge in [0.2, 0.25) is 0 Å². The lowest BCUT2D eigenvalue weighted by Gasteiger charge is -2.12. The minimum absolute atomic E-state index is 0.461. The molecular weight excluding hydrogens is 276 g/mol. The zero-order chi connectivity index (χ0) is 14.5. The minimum atomic E-state index is -0.986. The highest BCUT2D eigenvalue weighted by Gasteiger charge is 2.06. The van der Waals surface area contributed by atoms with Gasteiger partial charge in [0.15, 0.2) is 0 Å². The van der Waals surface area contributed by atoms with E-state index in [1.807, 2.05) is 30.4 Å². The SMILES string of the molecule is CN(C(=O)O)c1ccc(/C=C/c2ccc(Cl)nc2)cc1. The van der Waals surface area contributed by atoms with E-state index in [4.69, 9.17) is 16.7 Å². The third kappa shape index (κ3) is 3.59. The van der Waals surface area contributed by atoms with Gasteiger partial charge in [0.05, 0.1) is 0 Å². The van der Waals surface area contributed by atoms with Crippen LogP contribution in [0.1, 0.15) is 11.1 Å². The predicted octanol–water partition coefficient (Wildman–Crippen LogP) is 4.02. The number of nitrogens with zero attached hydrogens (tertiary/aromatic N) is 2. The third-order valence-electron chi connectivity index (χ3n) is 2.79. The molecule has 0 aliphatic heterocycles.